The van der Waals surface area contributed by atoms with E-state index in [-0.39, 0.29) is 0 Å². The summed E-state index contributed by atoms with van der Waals surface area (Å²) in [6, 6.07) is 8.42. The molecule has 18 heavy (non-hydrogen) atoms. The Morgan fingerprint density at radius 2 is 1.89 bits per heavy atom. The summed E-state index contributed by atoms with van der Waals surface area (Å²) in [5.41, 5.74) is 3.29. The van der Waals surface area contributed by atoms with Crippen LogP contribution in [-0.2, 0) is 0 Å². The Kier molecular flexibility index (Phi) is 2.82. The molecule has 1 aliphatic rings. The van der Waals surface area contributed by atoms with Gasteiger partial charge < -0.3 is 9.64 Å². The Bertz CT molecular complexity index is 574. The van der Waals surface area contributed by atoms with Gasteiger partial charge in [0.15, 0.2) is 0 Å². The van der Waals surface area contributed by atoms with Crippen molar-refractivity contribution in [3.63, 3.8) is 0 Å². The molecule has 3 nitrogen and oxygen atoms in total. The molecule has 94 valence electrons. The molecule has 1 saturated heterocycles. The summed E-state index contributed by atoms with van der Waals surface area (Å²) in [6.07, 6.45) is 2.57. The van der Waals surface area contributed by atoms with Crippen LogP contribution in [0.5, 0.6) is 5.75 Å². The van der Waals surface area contributed by atoms with Crippen LogP contribution < -0.4 is 9.64 Å². The smallest absolute Gasteiger partial charge is 0.145 e. The molecule has 0 N–H and O–H groups in total. The minimum absolute atomic E-state index is 0.858. The number of methoxy groups -OCH3 is 1. The minimum Gasteiger partial charge on any atom is -0.494 e. The fourth-order valence-electron chi connectivity index (χ4n) is 2.67. The standard InChI is InChI=1S/C15H18N2O/c1-11-5-6-12-13(17-9-3-4-10-17)7-8-14(18-2)15(12)16-11/h5-8H,3-4,9-10H2,1-2H3. The van der Waals surface area contributed by atoms with Gasteiger partial charge in [0.25, 0.3) is 0 Å². The lowest BCUT2D eigenvalue weighted by molar-refractivity contribution is 0.419. The third-order valence-electron chi connectivity index (χ3n) is 3.60. The van der Waals surface area contributed by atoms with Gasteiger partial charge in [-0.15, -0.1) is 0 Å². The number of ether oxygens (including phenoxy) is 1. The van der Waals surface area contributed by atoms with E-state index in [1.807, 2.05) is 13.0 Å². The van der Waals surface area contributed by atoms with Gasteiger partial charge >= 0.3 is 0 Å². The summed E-state index contributed by atoms with van der Waals surface area (Å²) in [4.78, 5) is 7.07. The molecule has 1 fully saturated rings. The van der Waals surface area contributed by atoms with E-state index >= 15 is 0 Å². The molecule has 0 aliphatic carbocycles. The Hall–Kier alpha value is -1.77. The van der Waals surface area contributed by atoms with Crippen LogP contribution in [0.4, 0.5) is 5.69 Å². The number of hydrogen-bond donors (Lipinski definition) is 0. The fourth-order valence-corrected chi connectivity index (χ4v) is 2.67. The Balaban J connectivity index is 2.21. The molecular weight excluding hydrogens is 224 g/mol. The predicted octanol–water partition coefficient (Wildman–Crippen LogP) is 3.15. The molecule has 0 unspecified atom stereocenters. The van der Waals surface area contributed by atoms with Crippen LogP contribution in [0.15, 0.2) is 24.3 Å². The SMILES string of the molecule is COc1ccc(N2CCCC2)c2ccc(C)nc12. The molecular formula is C15H18N2O. The van der Waals surface area contributed by atoms with Gasteiger partial charge in [-0.25, -0.2) is 4.98 Å². The maximum absolute atomic E-state index is 5.42. The van der Waals surface area contributed by atoms with E-state index in [0.29, 0.717) is 0 Å². The van der Waals surface area contributed by atoms with Crippen LogP contribution in [0.3, 0.4) is 0 Å². The number of hydrogen-bond acceptors (Lipinski definition) is 3. The maximum atomic E-state index is 5.42. The highest BCUT2D eigenvalue weighted by Gasteiger charge is 2.16. The van der Waals surface area contributed by atoms with Crippen LogP contribution in [0.1, 0.15) is 18.5 Å². The Labute approximate surface area is 107 Å². The van der Waals surface area contributed by atoms with Crippen LogP contribution in [-0.4, -0.2) is 25.2 Å². The van der Waals surface area contributed by atoms with Gasteiger partial charge in [0, 0.05) is 29.9 Å². The first-order valence-electron chi connectivity index (χ1n) is 6.49. The van der Waals surface area contributed by atoms with E-state index in [0.717, 1.165) is 30.0 Å². The zero-order chi connectivity index (χ0) is 12.5. The van der Waals surface area contributed by atoms with Crippen molar-refractivity contribution < 1.29 is 4.74 Å². The second-order valence-corrected chi connectivity index (χ2v) is 4.83. The van der Waals surface area contributed by atoms with E-state index in [4.69, 9.17) is 4.74 Å². The number of pyridine rings is 1. The van der Waals surface area contributed by atoms with Crippen LogP contribution >= 0.6 is 0 Å². The molecule has 1 aromatic heterocycles. The van der Waals surface area contributed by atoms with E-state index < -0.39 is 0 Å². The maximum Gasteiger partial charge on any atom is 0.145 e. The number of anilines is 1. The van der Waals surface area contributed by atoms with Crippen molar-refractivity contribution in [1.82, 2.24) is 4.98 Å². The second kappa shape index (κ2) is 4.48. The largest absolute Gasteiger partial charge is 0.494 e. The highest BCUT2D eigenvalue weighted by molar-refractivity contribution is 5.96. The van der Waals surface area contributed by atoms with Crippen LogP contribution in [0.25, 0.3) is 10.9 Å². The van der Waals surface area contributed by atoms with Gasteiger partial charge in [0.05, 0.1) is 7.11 Å². The fraction of sp³-hybridized carbons (Fsp3) is 0.400. The van der Waals surface area contributed by atoms with Crippen molar-refractivity contribution in [3.8, 4) is 5.75 Å². The second-order valence-electron chi connectivity index (χ2n) is 4.83. The normalized spacial score (nSPS) is 15.3. The molecule has 0 spiro atoms. The van der Waals surface area contributed by atoms with Gasteiger partial charge in [-0.05, 0) is 44.0 Å². The average molecular weight is 242 g/mol. The van der Waals surface area contributed by atoms with E-state index in [9.17, 15) is 0 Å². The number of rotatable bonds is 2. The molecule has 1 aromatic carbocycles. The number of benzene rings is 1. The lowest BCUT2D eigenvalue weighted by atomic mass is 10.1. The van der Waals surface area contributed by atoms with Crippen molar-refractivity contribution in [2.75, 3.05) is 25.1 Å². The van der Waals surface area contributed by atoms with Crippen molar-refractivity contribution >= 4 is 16.6 Å². The lowest BCUT2D eigenvalue weighted by Gasteiger charge is -2.20. The Morgan fingerprint density at radius 3 is 2.61 bits per heavy atom. The van der Waals surface area contributed by atoms with Crippen LogP contribution in [0, 0.1) is 6.92 Å². The number of nitrogens with zero attached hydrogens (tertiary/aromatic N) is 2. The summed E-state index contributed by atoms with van der Waals surface area (Å²) in [7, 11) is 1.70. The van der Waals surface area contributed by atoms with E-state index in [1.54, 1.807) is 7.11 Å². The summed E-state index contributed by atoms with van der Waals surface area (Å²) < 4.78 is 5.42. The molecule has 3 rings (SSSR count). The first-order chi connectivity index (χ1) is 8.79. The van der Waals surface area contributed by atoms with Gasteiger partial charge in [-0.1, -0.05) is 0 Å². The van der Waals surface area contributed by atoms with E-state index in [1.165, 1.54) is 23.9 Å². The van der Waals surface area contributed by atoms with Gasteiger partial charge in [0.1, 0.15) is 11.3 Å². The Morgan fingerprint density at radius 1 is 1.11 bits per heavy atom. The summed E-state index contributed by atoms with van der Waals surface area (Å²) in [6.45, 7) is 4.31. The molecule has 3 heteroatoms. The highest BCUT2D eigenvalue weighted by Crippen LogP contribution is 2.34. The molecule has 1 aliphatic heterocycles. The average Bonchev–Trinajstić information content (AvgIpc) is 2.91. The first-order valence-corrected chi connectivity index (χ1v) is 6.49. The third kappa shape index (κ3) is 1.80. The van der Waals surface area contributed by atoms with Gasteiger partial charge in [-0.3, -0.25) is 0 Å². The molecule has 0 amide bonds. The van der Waals surface area contributed by atoms with Crippen LogP contribution in [0.2, 0.25) is 0 Å². The summed E-state index contributed by atoms with van der Waals surface area (Å²) in [5, 5.41) is 1.20. The van der Waals surface area contributed by atoms with E-state index in [2.05, 4.69) is 28.1 Å². The molecule has 0 atom stereocenters. The quantitative estimate of drug-likeness (QED) is 0.809. The topological polar surface area (TPSA) is 25.4 Å². The summed E-state index contributed by atoms with van der Waals surface area (Å²) in [5.74, 6) is 0.858. The third-order valence-corrected chi connectivity index (χ3v) is 3.60. The van der Waals surface area contributed by atoms with Crippen molar-refractivity contribution in [1.29, 1.82) is 0 Å². The lowest BCUT2D eigenvalue weighted by Crippen LogP contribution is -2.17. The van der Waals surface area contributed by atoms with Crippen molar-refractivity contribution in [2.45, 2.75) is 19.8 Å². The minimum atomic E-state index is 0.858. The predicted molar refractivity (Wildman–Crippen MR) is 74.5 cm³/mol. The molecule has 2 aromatic rings. The summed E-state index contributed by atoms with van der Waals surface area (Å²) >= 11 is 0. The molecule has 0 bridgehead atoms. The zero-order valence-corrected chi connectivity index (χ0v) is 10.9. The monoisotopic (exact) mass is 242 g/mol. The zero-order valence-electron chi connectivity index (χ0n) is 10.9. The van der Waals surface area contributed by atoms with Crippen molar-refractivity contribution in [3.05, 3.63) is 30.0 Å². The van der Waals surface area contributed by atoms with Crippen molar-refractivity contribution in [2.24, 2.45) is 0 Å². The molecule has 0 radical (unpaired) electrons. The van der Waals surface area contributed by atoms with Gasteiger partial charge in [0.2, 0.25) is 0 Å². The number of fused-ring (bicyclic) bond motifs is 1. The highest BCUT2D eigenvalue weighted by atomic mass is 16.5. The first kappa shape index (κ1) is 11.3. The molecule has 0 saturated carbocycles. The number of aromatic nitrogens is 1. The van der Waals surface area contributed by atoms with Gasteiger partial charge in [-0.2, -0.15) is 0 Å². The molecule has 2 heterocycles. The number of aryl methyl sites for hydroxylation is 1.